The van der Waals surface area contributed by atoms with E-state index in [0.717, 1.165) is 0 Å². The molecule has 122 valence electrons. The number of fused-ring (bicyclic) bond motifs is 1. The number of nitro groups is 1. The molecule has 0 aliphatic rings. The fourth-order valence-electron chi connectivity index (χ4n) is 2.47. The molecule has 1 aromatic heterocycles. The van der Waals surface area contributed by atoms with Gasteiger partial charge in [-0.05, 0) is 35.8 Å². The van der Waals surface area contributed by atoms with Crippen molar-refractivity contribution in [3.63, 3.8) is 0 Å². The maximum Gasteiger partial charge on any atom is 0.273 e. The van der Waals surface area contributed by atoms with Crippen molar-refractivity contribution in [2.45, 2.75) is 19.8 Å². The molecule has 24 heavy (non-hydrogen) atoms. The minimum Gasteiger partial charge on any atom is -0.437 e. The monoisotopic (exact) mass is 342 g/mol. The van der Waals surface area contributed by atoms with E-state index in [-0.39, 0.29) is 16.5 Å². The number of aromatic nitrogens is 1. The van der Waals surface area contributed by atoms with Crippen LogP contribution in [0.2, 0.25) is 5.02 Å². The van der Waals surface area contributed by atoms with Crippen LogP contribution in [-0.2, 0) is 0 Å². The molecule has 0 amide bonds. The van der Waals surface area contributed by atoms with Crippen molar-refractivity contribution in [3.05, 3.63) is 68.6 Å². The predicted octanol–water partition coefficient (Wildman–Crippen LogP) is 5.68. The van der Waals surface area contributed by atoms with Crippen molar-refractivity contribution < 1.29 is 9.34 Å². The van der Waals surface area contributed by atoms with Crippen LogP contribution in [0.15, 0.2) is 40.8 Å². The number of halogens is 1. The minimum atomic E-state index is -0.353. The second-order valence-electron chi connectivity index (χ2n) is 5.73. The fourth-order valence-corrected chi connectivity index (χ4v) is 2.63. The zero-order valence-electron chi connectivity index (χ0n) is 13.2. The van der Waals surface area contributed by atoms with Crippen molar-refractivity contribution >= 4 is 40.5 Å². The summed E-state index contributed by atoms with van der Waals surface area (Å²) in [5.74, 6) is 0.507. The standard InChI is InChI=1S/C18H15ClN2O3/c1-11(2)14-6-3-12(9-16(14)21(22)23)4-8-18-20-15-10-13(19)5-7-17(15)24-18/h3-11H,1-2H3/b8-4+. The van der Waals surface area contributed by atoms with Crippen molar-refractivity contribution in [2.24, 2.45) is 0 Å². The van der Waals surface area contributed by atoms with Crippen molar-refractivity contribution in [1.82, 2.24) is 4.98 Å². The summed E-state index contributed by atoms with van der Waals surface area (Å²) < 4.78 is 5.59. The Bertz CT molecular complexity index is 945. The zero-order chi connectivity index (χ0) is 17.3. The first-order valence-corrected chi connectivity index (χ1v) is 7.84. The maximum absolute atomic E-state index is 11.2. The minimum absolute atomic E-state index is 0.0882. The van der Waals surface area contributed by atoms with E-state index in [1.54, 1.807) is 42.5 Å². The lowest BCUT2D eigenvalue weighted by molar-refractivity contribution is -0.385. The average Bonchev–Trinajstić information content (AvgIpc) is 2.94. The third kappa shape index (κ3) is 3.31. The van der Waals surface area contributed by atoms with Crippen molar-refractivity contribution in [3.8, 4) is 0 Å². The first-order valence-electron chi connectivity index (χ1n) is 7.46. The van der Waals surface area contributed by atoms with E-state index >= 15 is 0 Å². The molecular weight excluding hydrogens is 328 g/mol. The van der Waals surface area contributed by atoms with Crippen LogP contribution in [0.4, 0.5) is 5.69 Å². The van der Waals surface area contributed by atoms with Crippen LogP contribution >= 0.6 is 11.6 Å². The van der Waals surface area contributed by atoms with Gasteiger partial charge in [-0.2, -0.15) is 0 Å². The Morgan fingerprint density at radius 1 is 1.21 bits per heavy atom. The lowest BCUT2D eigenvalue weighted by Crippen LogP contribution is -1.97. The highest BCUT2D eigenvalue weighted by molar-refractivity contribution is 6.31. The molecule has 1 heterocycles. The van der Waals surface area contributed by atoms with Crippen molar-refractivity contribution in [2.75, 3.05) is 0 Å². The van der Waals surface area contributed by atoms with Gasteiger partial charge in [-0.25, -0.2) is 4.98 Å². The summed E-state index contributed by atoms with van der Waals surface area (Å²) >= 11 is 5.92. The molecule has 0 bridgehead atoms. The first-order chi connectivity index (χ1) is 11.4. The average molecular weight is 343 g/mol. The van der Waals surface area contributed by atoms with E-state index in [1.807, 2.05) is 19.9 Å². The Kier molecular flexibility index (Phi) is 4.36. The molecule has 0 N–H and O–H groups in total. The highest BCUT2D eigenvalue weighted by Gasteiger charge is 2.16. The predicted molar refractivity (Wildman–Crippen MR) is 95.1 cm³/mol. The topological polar surface area (TPSA) is 69.2 Å². The van der Waals surface area contributed by atoms with Gasteiger partial charge in [0.25, 0.3) is 5.69 Å². The van der Waals surface area contributed by atoms with Gasteiger partial charge in [0.15, 0.2) is 5.58 Å². The van der Waals surface area contributed by atoms with Crippen LogP contribution in [0.25, 0.3) is 23.3 Å². The van der Waals surface area contributed by atoms with Gasteiger partial charge in [0.05, 0.1) is 4.92 Å². The molecule has 0 unspecified atom stereocenters. The lowest BCUT2D eigenvalue weighted by atomic mass is 9.99. The third-order valence-corrected chi connectivity index (χ3v) is 3.89. The molecule has 0 aliphatic carbocycles. The van der Waals surface area contributed by atoms with E-state index in [0.29, 0.717) is 33.1 Å². The van der Waals surface area contributed by atoms with Crippen LogP contribution in [0.3, 0.4) is 0 Å². The molecule has 0 fully saturated rings. The normalized spacial score (nSPS) is 11.7. The highest BCUT2D eigenvalue weighted by atomic mass is 35.5. The molecule has 0 aliphatic heterocycles. The van der Waals surface area contributed by atoms with Gasteiger partial charge in [0, 0.05) is 22.7 Å². The highest BCUT2D eigenvalue weighted by Crippen LogP contribution is 2.28. The summed E-state index contributed by atoms with van der Waals surface area (Å²) in [5.41, 5.74) is 2.86. The Morgan fingerprint density at radius 3 is 2.71 bits per heavy atom. The van der Waals surface area contributed by atoms with E-state index in [9.17, 15) is 10.1 Å². The molecule has 0 spiro atoms. The quantitative estimate of drug-likeness (QED) is 0.451. The fraction of sp³-hybridized carbons (Fsp3) is 0.167. The van der Waals surface area contributed by atoms with Gasteiger partial charge in [0.1, 0.15) is 5.52 Å². The largest absolute Gasteiger partial charge is 0.437 e. The van der Waals surface area contributed by atoms with Crippen LogP contribution in [0.5, 0.6) is 0 Å². The lowest BCUT2D eigenvalue weighted by Gasteiger charge is -2.06. The molecular formula is C18H15ClN2O3. The first kappa shape index (κ1) is 16.2. The van der Waals surface area contributed by atoms with E-state index < -0.39 is 0 Å². The SMILES string of the molecule is CC(C)c1ccc(/C=C/c2nc3cc(Cl)ccc3o2)cc1[N+](=O)[O-]. The Morgan fingerprint density at radius 2 is 2.00 bits per heavy atom. The van der Waals surface area contributed by atoms with Gasteiger partial charge < -0.3 is 4.42 Å². The molecule has 0 saturated carbocycles. The van der Waals surface area contributed by atoms with E-state index in [2.05, 4.69) is 4.98 Å². The number of oxazole rings is 1. The summed E-state index contributed by atoms with van der Waals surface area (Å²) in [6.45, 7) is 3.86. The molecule has 3 rings (SSSR count). The molecule has 0 atom stereocenters. The Labute approximate surface area is 143 Å². The molecule has 6 heteroatoms. The van der Waals surface area contributed by atoms with Crippen LogP contribution < -0.4 is 0 Å². The smallest absolute Gasteiger partial charge is 0.273 e. The van der Waals surface area contributed by atoms with E-state index in [4.69, 9.17) is 16.0 Å². The van der Waals surface area contributed by atoms with Crippen LogP contribution in [0.1, 0.15) is 36.8 Å². The number of nitro benzene ring substituents is 1. The van der Waals surface area contributed by atoms with E-state index in [1.165, 1.54) is 0 Å². The summed E-state index contributed by atoms with van der Waals surface area (Å²) in [7, 11) is 0. The van der Waals surface area contributed by atoms with Gasteiger partial charge in [0.2, 0.25) is 5.89 Å². The number of hydrogen-bond donors (Lipinski definition) is 0. The second-order valence-corrected chi connectivity index (χ2v) is 6.16. The summed E-state index contributed by atoms with van der Waals surface area (Å²) in [6, 6.07) is 10.4. The van der Waals surface area contributed by atoms with Crippen LogP contribution in [-0.4, -0.2) is 9.91 Å². The van der Waals surface area contributed by atoms with Gasteiger partial charge in [-0.3, -0.25) is 10.1 Å². The molecule has 5 nitrogen and oxygen atoms in total. The maximum atomic E-state index is 11.2. The van der Waals surface area contributed by atoms with Gasteiger partial charge in [-0.15, -0.1) is 0 Å². The summed E-state index contributed by atoms with van der Waals surface area (Å²) in [4.78, 5) is 15.2. The molecule has 0 radical (unpaired) electrons. The number of nitrogens with zero attached hydrogens (tertiary/aromatic N) is 2. The molecule has 2 aromatic carbocycles. The van der Waals surface area contributed by atoms with Crippen LogP contribution in [0, 0.1) is 10.1 Å². The Balaban J connectivity index is 1.92. The van der Waals surface area contributed by atoms with Gasteiger partial charge in [-0.1, -0.05) is 37.6 Å². The van der Waals surface area contributed by atoms with Gasteiger partial charge >= 0.3 is 0 Å². The summed E-state index contributed by atoms with van der Waals surface area (Å²) in [5, 5.41) is 11.8. The second kappa shape index (κ2) is 6.45. The zero-order valence-corrected chi connectivity index (χ0v) is 13.9. The number of benzene rings is 2. The number of hydrogen-bond acceptors (Lipinski definition) is 4. The third-order valence-electron chi connectivity index (χ3n) is 3.66. The Hall–Kier alpha value is -2.66. The summed E-state index contributed by atoms with van der Waals surface area (Å²) in [6.07, 6.45) is 3.42. The molecule has 0 saturated heterocycles. The molecule has 3 aromatic rings. The van der Waals surface area contributed by atoms with Crippen molar-refractivity contribution in [1.29, 1.82) is 0 Å². The number of rotatable bonds is 4.